The first-order chi connectivity index (χ1) is 8.86. The lowest BCUT2D eigenvalue weighted by molar-refractivity contribution is 0.636. The molecular formula is C14H17N3S. The SMILES string of the molecule is CC(c1nccs1)N1CCNCc2ccccc21. The quantitative estimate of drug-likeness (QED) is 0.899. The maximum Gasteiger partial charge on any atom is 0.115 e. The minimum absolute atomic E-state index is 0.339. The summed E-state index contributed by atoms with van der Waals surface area (Å²) in [5.74, 6) is 0. The Labute approximate surface area is 111 Å². The number of benzene rings is 1. The van der Waals surface area contributed by atoms with Crippen molar-refractivity contribution >= 4 is 17.0 Å². The zero-order valence-corrected chi connectivity index (χ0v) is 11.3. The number of anilines is 1. The van der Waals surface area contributed by atoms with Crippen LogP contribution in [-0.2, 0) is 6.54 Å². The average molecular weight is 259 g/mol. The van der Waals surface area contributed by atoms with Gasteiger partial charge < -0.3 is 10.2 Å². The van der Waals surface area contributed by atoms with Crippen molar-refractivity contribution in [1.82, 2.24) is 10.3 Å². The summed E-state index contributed by atoms with van der Waals surface area (Å²) < 4.78 is 0. The molecule has 0 bridgehead atoms. The lowest BCUT2D eigenvalue weighted by Crippen LogP contribution is -2.31. The van der Waals surface area contributed by atoms with Gasteiger partial charge in [-0.2, -0.15) is 0 Å². The number of nitrogens with zero attached hydrogens (tertiary/aromatic N) is 2. The largest absolute Gasteiger partial charge is 0.361 e. The maximum atomic E-state index is 4.45. The average Bonchev–Trinajstić information content (AvgIpc) is 2.85. The van der Waals surface area contributed by atoms with E-state index in [-0.39, 0.29) is 0 Å². The first-order valence-electron chi connectivity index (χ1n) is 6.31. The summed E-state index contributed by atoms with van der Waals surface area (Å²) >= 11 is 1.73. The molecule has 1 atom stereocenters. The zero-order chi connectivity index (χ0) is 12.4. The second-order valence-electron chi connectivity index (χ2n) is 4.55. The molecule has 0 saturated heterocycles. The second-order valence-corrected chi connectivity index (χ2v) is 5.47. The summed E-state index contributed by atoms with van der Waals surface area (Å²) in [6, 6.07) is 8.98. The van der Waals surface area contributed by atoms with Crippen LogP contribution in [0.2, 0.25) is 0 Å². The van der Waals surface area contributed by atoms with E-state index >= 15 is 0 Å². The minimum Gasteiger partial charge on any atom is -0.361 e. The Bertz CT molecular complexity index is 510. The molecule has 2 aromatic rings. The molecule has 0 radical (unpaired) electrons. The zero-order valence-electron chi connectivity index (χ0n) is 10.5. The summed E-state index contributed by atoms with van der Waals surface area (Å²) in [7, 11) is 0. The van der Waals surface area contributed by atoms with Crippen molar-refractivity contribution in [1.29, 1.82) is 0 Å². The van der Waals surface area contributed by atoms with E-state index in [9.17, 15) is 0 Å². The first-order valence-corrected chi connectivity index (χ1v) is 7.19. The van der Waals surface area contributed by atoms with Gasteiger partial charge >= 0.3 is 0 Å². The van der Waals surface area contributed by atoms with Crippen LogP contribution >= 0.6 is 11.3 Å². The topological polar surface area (TPSA) is 28.2 Å². The molecule has 1 unspecified atom stereocenters. The van der Waals surface area contributed by atoms with Crippen LogP contribution in [0.5, 0.6) is 0 Å². The van der Waals surface area contributed by atoms with Gasteiger partial charge in [0.1, 0.15) is 5.01 Å². The van der Waals surface area contributed by atoms with Crippen LogP contribution < -0.4 is 10.2 Å². The van der Waals surface area contributed by atoms with Crippen LogP contribution in [0, 0.1) is 0 Å². The highest BCUT2D eigenvalue weighted by atomic mass is 32.1. The molecule has 3 rings (SSSR count). The van der Waals surface area contributed by atoms with Crippen molar-refractivity contribution in [2.45, 2.75) is 19.5 Å². The predicted molar refractivity (Wildman–Crippen MR) is 76.0 cm³/mol. The number of aromatic nitrogens is 1. The molecule has 1 aliphatic heterocycles. The smallest absolute Gasteiger partial charge is 0.115 e. The third kappa shape index (κ3) is 2.13. The van der Waals surface area contributed by atoms with E-state index < -0.39 is 0 Å². The third-order valence-corrected chi connectivity index (χ3v) is 4.37. The van der Waals surface area contributed by atoms with Gasteiger partial charge in [-0.25, -0.2) is 4.98 Å². The van der Waals surface area contributed by atoms with Gasteiger partial charge in [0.2, 0.25) is 0 Å². The Morgan fingerprint density at radius 3 is 3.11 bits per heavy atom. The second kappa shape index (κ2) is 5.08. The van der Waals surface area contributed by atoms with Gasteiger partial charge in [-0.3, -0.25) is 0 Å². The van der Waals surface area contributed by atoms with E-state index in [1.165, 1.54) is 16.3 Å². The number of hydrogen-bond acceptors (Lipinski definition) is 4. The Balaban J connectivity index is 1.96. The fourth-order valence-electron chi connectivity index (χ4n) is 2.46. The fraction of sp³-hybridized carbons (Fsp3) is 0.357. The summed E-state index contributed by atoms with van der Waals surface area (Å²) in [5, 5.41) is 6.71. The molecule has 0 fully saturated rings. The molecule has 0 spiro atoms. The Morgan fingerprint density at radius 1 is 1.39 bits per heavy atom. The van der Waals surface area contributed by atoms with Crippen molar-refractivity contribution in [3.8, 4) is 0 Å². The van der Waals surface area contributed by atoms with Crippen molar-refractivity contribution in [2.75, 3.05) is 18.0 Å². The van der Waals surface area contributed by atoms with Gasteiger partial charge in [-0.1, -0.05) is 18.2 Å². The van der Waals surface area contributed by atoms with Crippen LogP contribution in [0.3, 0.4) is 0 Å². The Kier molecular flexibility index (Phi) is 3.30. The highest BCUT2D eigenvalue weighted by Crippen LogP contribution is 2.31. The summed E-state index contributed by atoms with van der Waals surface area (Å²) in [5.41, 5.74) is 2.71. The molecule has 3 nitrogen and oxygen atoms in total. The van der Waals surface area contributed by atoms with Crippen LogP contribution in [0.15, 0.2) is 35.8 Å². The number of fused-ring (bicyclic) bond motifs is 1. The minimum atomic E-state index is 0.339. The molecule has 0 aliphatic carbocycles. The number of hydrogen-bond donors (Lipinski definition) is 1. The normalized spacial score (nSPS) is 17.1. The molecular weight excluding hydrogens is 242 g/mol. The monoisotopic (exact) mass is 259 g/mol. The molecule has 2 heterocycles. The van der Waals surface area contributed by atoms with Gasteiger partial charge in [0.05, 0.1) is 6.04 Å². The fourth-order valence-corrected chi connectivity index (χ4v) is 3.17. The highest BCUT2D eigenvalue weighted by molar-refractivity contribution is 7.09. The molecule has 0 saturated carbocycles. The molecule has 4 heteroatoms. The molecule has 1 aromatic heterocycles. The van der Waals surface area contributed by atoms with E-state index in [0.717, 1.165) is 19.6 Å². The number of thiazole rings is 1. The van der Waals surface area contributed by atoms with E-state index in [1.807, 2.05) is 11.6 Å². The van der Waals surface area contributed by atoms with E-state index in [1.54, 1.807) is 11.3 Å². The van der Waals surface area contributed by atoms with Gasteiger partial charge in [-0.15, -0.1) is 11.3 Å². The summed E-state index contributed by atoms with van der Waals surface area (Å²) in [4.78, 5) is 6.90. The highest BCUT2D eigenvalue weighted by Gasteiger charge is 2.21. The van der Waals surface area contributed by atoms with E-state index in [4.69, 9.17) is 0 Å². The van der Waals surface area contributed by atoms with Gasteiger partial charge in [-0.05, 0) is 18.6 Å². The van der Waals surface area contributed by atoms with Crippen LogP contribution in [-0.4, -0.2) is 18.1 Å². The van der Waals surface area contributed by atoms with Crippen LogP contribution in [0.4, 0.5) is 5.69 Å². The molecule has 1 aromatic carbocycles. The molecule has 0 amide bonds. The predicted octanol–water partition coefficient (Wildman–Crippen LogP) is 2.81. The molecule has 1 N–H and O–H groups in total. The van der Waals surface area contributed by atoms with Crippen molar-refractivity contribution in [3.05, 3.63) is 46.4 Å². The first kappa shape index (κ1) is 11.7. The molecule has 1 aliphatic rings. The Morgan fingerprint density at radius 2 is 2.28 bits per heavy atom. The van der Waals surface area contributed by atoms with Crippen molar-refractivity contribution < 1.29 is 0 Å². The van der Waals surface area contributed by atoms with Crippen molar-refractivity contribution in [3.63, 3.8) is 0 Å². The van der Waals surface area contributed by atoms with Crippen LogP contribution in [0.25, 0.3) is 0 Å². The van der Waals surface area contributed by atoms with Gasteiger partial charge in [0.15, 0.2) is 0 Å². The van der Waals surface area contributed by atoms with Crippen LogP contribution in [0.1, 0.15) is 23.5 Å². The lowest BCUT2D eigenvalue weighted by Gasteiger charge is -2.29. The van der Waals surface area contributed by atoms with Gasteiger partial charge in [0.25, 0.3) is 0 Å². The third-order valence-electron chi connectivity index (χ3n) is 3.42. The standard InChI is InChI=1S/C14H17N3S/c1-11(14-16-7-9-18-14)17-8-6-15-10-12-4-2-3-5-13(12)17/h2-5,7,9,11,15H,6,8,10H2,1H3. The lowest BCUT2D eigenvalue weighted by atomic mass is 10.1. The van der Waals surface area contributed by atoms with Gasteiger partial charge in [0, 0.05) is 36.9 Å². The van der Waals surface area contributed by atoms with E-state index in [2.05, 4.69) is 46.4 Å². The maximum absolute atomic E-state index is 4.45. The van der Waals surface area contributed by atoms with Crippen molar-refractivity contribution in [2.24, 2.45) is 0 Å². The van der Waals surface area contributed by atoms with E-state index in [0.29, 0.717) is 6.04 Å². The number of rotatable bonds is 2. The Hall–Kier alpha value is -1.39. The molecule has 94 valence electrons. The number of nitrogens with one attached hydrogen (secondary N) is 1. The summed E-state index contributed by atoms with van der Waals surface area (Å²) in [6.07, 6.45) is 1.89. The summed E-state index contributed by atoms with van der Waals surface area (Å²) in [6.45, 7) is 5.24. The molecule has 18 heavy (non-hydrogen) atoms. The number of para-hydroxylation sites is 1.